The SMILES string of the molecule is Fc1cccc(CC(CCl)CCOc2ccc(Br)cc2)c1. The first-order chi connectivity index (χ1) is 10.2. The lowest BCUT2D eigenvalue weighted by atomic mass is 9.98. The highest BCUT2D eigenvalue weighted by atomic mass is 79.9. The molecular formula is C17H17BrClFO. The molecule has 0 aliphatic heterocycles. The van der Waals surface area contributed by atoms with Crippen LogP contribution >= 0.6 is 27.5 Å². The second-order valence-electron chi connectivity index (χ2n) is 4.95. The predicted octanol–water partition coefficient (Wildman–Crippen LogP) is 5.45. The summed E-state index contributed by atoms with van der Waals surface area (Å²) in [4.78, 5) is 0. The lowest BCUT2D eigenvalue weighted by molar-refractivity contribution is 0.284. The summed E-state index contributed by atoms with van der Waals surface area (Å²) < 4.78 is 19.9. The summed E-state index contributed by atoms with van der Waals surface area (Å²) in [6.45, 7) is 0.605. The molecule has 0 saturated carbocycles. The lowest BCUT2D eigenvalue weighted by Crippen LogP contribution is -2.11. The highest BCUT2D eigenvalue weighted by molar-refractivity contribution is 9.10. The zero-order chi connectivity index (χ0) is 15.1. The number of benzene rings is 2. The number of alkyl halides is 1. The summed E-state index contributed by atoms with van der Waals surface area (Å²) in [5.41, 5.74) is 0.976. The van der Waals surface area contributed by atoms with E-state index in [1.165, 1.54) is 6.07 Å². The summed E-state index contributed by atoms with van der Waals surface area (Å²) in [5, 5.41) is 0. The lowest BCUT2D eigenvalue weighted by Gasteiger charge is -2.14. The van der Waals surface area contributed by atoms with Crippen molar-refractivity contribution >= 4 is 27.5 Å². The van der Waals surface area contributed by atoms with Gasteiger partial charge in [0.25, 0.3) is 0 Å². The standard InChI is InChI=1S/C17H17BrClFO/c18-15-4-6-17(7-5-15)21-9-8-14(12-19)10-13-2-1-3-16(20)11-13/h1-7,11,14H,8-10,12H2. The van der Waals surface area contributed by atoms with Gasteiger partial charge in [0, 0.05) is 10.4 Å². The number of ether oxygens (including phenoxy) is 1. The van der Waals surface area contributed by atoms with Crippen LogP contribution in [-0.2, 0) is 6.42 Å². The molecule has 0 aromatic heterocycles. The van der Waals surface area contributed by atoms with Crippen LogP contribution in [0, 0.1) is 11.7 Å². The van der Waals surface area contributed by atoms with E-state index in [9.17, 15) is 4.39 Å². The summed E-state index contributed by atoms with van der Waals surface area (Å²) in [6.07, 6.45) is 1.61. The van der Waals surface area contributed by atoms with Crippen molar-refractivity contribution in [2.45, 2.75) is 12.8 Å². The van der Waals surface area contributed by atoms with Crippen molar-refractivity contribution in [1.82, 2.24) is 0 Å². The highest BCUT2D eigenvalue weighted by Crippen LogP contribution is 2.19. The first-order valence-corrected chi connectivity index (χ1v) is 8.19. The second-order valence-corrected chi connectivity index (χ2v) is 6.17. The van der Waals surface area contributed by atoms with Crippen LogP contribution in [0.1, 0.15) is 12.0 Å². The van der Waals surface area contributed by atoms with Gasteiger partial charge in [0.1, 0.15) is 11.6 Å². The smallest absolute Gasteiger partial charge is 0.123 e. The number of rotatable bonds is 7. The average molecular weight is 372 g/mol. The Morgan fingerprint density at radius 2 is 1.90 bits per heavy atom. The fraction of sp³-hybridized carbons (Fsp3) is 0.294. The third-order valence-electron chi connectivity index (χ3n) is 3.24. The van der Waals surface area contributed by atoms with Gasteiger partial charge in [-0.05, 0) is 60.7 Å². The van der Waals surface area contributed by atoms with Crippen molar-refractivity contribution in [2.75, 3.05) is 12.5 Å². The van der Waals surface area contributed by atoms with Crippen molar-refractivity contribution in [1.29, 1.82) is 0 Å². The summed E-state index contributed by atoms with van der Waals surface area (Å²) >= 11 is 9.39. The average Bonchev–Trinajstić information content (AvgIpc) is 2.48. The van der Waals surface area contributed by atoms with Gasteiger partial charge in [-0.15, -0.1) is 11.6 Å². The van der Waals surface area contributed by atoms with E-state index < -0.39 is 0 Å². The van der Waals surface area contributed by atoms with Gasteiger partial charge in [-0.1, -0.05) is 28.1 Å². The molecule has 0 radical (unpaired) electrons. The van der Waals surface area contributed by atoms with Gasteiger partial charge in [0.15, 0.2) is 0 Å². The summed E-state index contributed by atoms with van der Waals surface area (Å²) in [7, 11) is 0. The quantitative estimate of drug-likeness (QED) is 0.588. The molecule has 1 nitrogen and oxygen atoms in total. The van der Waals surface area contributed by atoms with Crippen LogP contribution in [-0.4, -0.2) is 12.5 Å². The van der Waals surface area contributed by atoms with Crippen LogP contribution in [0.15, 0.2) is 53.0 Å². The van der Waals surface area contributed by atoms with Gasteiger partial charge in [-0.25, -0.2) is 4.39 Å². The van der Waals surface area contributed by atoms with Gasteiger partial charge < -0.3 is 4.74 Å². The molecule has 112 valence electrons. The van der Waals surface area contributed by atoms with E-state index in [0.29, 0.717) is 12.5 Å². The van der Waals surface area contributed by atoms with E-state index in [1.807, 2.05) is 30.3 Å². The van der Waals surface area contributed by atoms with Crippen molar-refractivity contribution < 1.29 is 9.13 Å². The van der Waals surface area contributed by atoms with Crippen molar-refractivity contribution in [3.05, 3.63) is 64.4 Å². The molecule has 2 aromatic carbocycles. The molecule has 0 amide bonds. The molecular weight excluding hydrogens is 355 g/mol. The fourth-order valence-electron chi connectivity index (χ4n) is 2.11. The molecule has 0 spiro atoms. The van der Waals surface area contributed by atoms with E-state index in [4.69, 9.17) is 16.3 Å². The third kappa shape index (κ3) is 5.68. The molecule has 0 N–H and O–H groups in total. The monoisotopic (exact) mass is 370 g/mol. The molecule has 21 heavy (non-hydrogen) atoms. The zero-order valence-electron chi connectivity index (χ0n) is 11.6. The van der Waals surface area contributed by atoms with Crippen molar-refractivity contribution in [3.8, 4) is 5.75 Å². The topological polar surface area (TPSA) is 9.23 Å². The summed E-state index contributed by atoms with van der Waals surface area (Å²) in [6, 6.07) is 14.4. The number of hydrogen-bond donors (Lipinski definition) is 0. The molecule has 0 bridgehead atoms. The fourth-order valence-corrected chi connectivity index (χ4v) is 2.63. The van der Waals surface area contributed by atoms with Crippen molar-refractivity contribution in [3.63, 3.8) is 0 Å². The molecule has 0 aliphatic carbocycles. The molecule has 0 heterocycles. The maximum absolute atomic E-state index is 13.2. The van der Waals surface area contributed by atoms with E-state index in [0.717, 1.165) is 28.6 Å². The van der Waals surface area contributed by atoms with Gasteiger partial charge in [-0.3, -0.25) is 0 Å². The van der Waals surface area contributed by atoms with Crippen LogP contribution in [0.4, 0.5) is 4.39 Å². The Morgan fingerprint density at radius 1 is 1.14 bits per heavy atom. The largest absolute Gasteiger partial charge is 0.494 e. The minimum absolute atomic E-state index is 0.202. The van der Waals surface area contributed by atoms with E-state index in [2.05, 4.69) is 15.9 Å². The Morgan fingerprint density at radius 3 is 2.57 bits per heavy atom. The highest BCUT2D eigenvalue weighted by Gasteiger charge is 2.09. The normalized spacial score (nSPS) is 12.1. The predicted molar refractivity (Wildman–Crippen MR) is 88.6 cm³/mol. The molecule has 1 unspecified atom stereocenters. The number of halogens is 3. The molecule has 0 saturated heterocycles. The third-order valence-corrected chi connectivity index (χ3v) is 4.21. The second kappa shape index (κ2) is 8.40. The van der Waals surface area contributed by atoms with Gasteiger partial charge in [0.05, 0.1) is 6.61 Å². The molecule has 2 aromatic rings. The Hall–Kier alpha value is -1.06. The Balaban J connectivity index is 1.81. The molecule has 2 rings (SSSR count). The Bertz CT molecular complexity index is 559. The Labute approximate surface area is 138 Å². The maximum Gasteiger partial charge on any atom is 0.123 e. The van der Waals surface area contributed by atoms with Gasteiger partial charge in [-0.2, -0.15) is 0 Å². The van der Waals surface area contributed by atoms with Crippen molar-refractivity contribution in [2.24, 2.45) is 5.92 Å². The zero-order valence-corrected chi connectivity index (χ0v) is 13.9. The number of hydrogen-bond acceptors (Lipinski definition) is 1. The molecule has 0 fully saturated rings. The molecule has 1 atom stereocenters. The Kier molecular flexibility index (Phi) is 6.52. The van der Waals surface area contributed by atoms with Crippen LogP contribution in [0.3, 0.4) is 0 Å². The first kappa shape index (κ1) is 16.3. The summed E-state index contributed by atoms with van der Waals surface area (Å²) in [5.74, 6) is 1.47. The van der Waals surface area contributed by atoms with Crippen LogP contribution in [0.5, 0.6) is 5.75 Å². The van der Waals surface area contributed by atoms with Gasteiger partial charge in [0.2, 0.25) is 0 Å². The van der Waals surface area contributed by atoms with E-state index >= 15 is 0 Å². The minimum Gasteiger partial charge on any atom is -0.494 e. The molecule has 0 aliphatic rings. The molecule has 4 heteroatoms. The van der Waals surface area contributed by atoms with E-state index in [-0.39, 0.29) is 11.7 Å². The first-order valence-electron chi connectivity index (χ1n) is 6.86. The van der Waals surface area contributed by atoms with Crippen LogP contribution in [0.2, 0.25) is 0 Å². The minimum atomic E-state index is -0.202. The van der Waals surface area contributed by atoms with E-state index in [1.54, 1.807) is 12.1 Å². The van der Waals surface area contributed by atoms with Crippen LogP contribution in [0.25, 0.3) is 0 Å². The van der Waals surface area contributed by atoms with Crippen LogP contribution < -0.4 is 4.74 Å². The van der Waals surface area contributed by atoms with Gasteiger partial charge >= 0.3 is 0 Å². The maximum atomic E-state index is 13.2.